The minimum atomic E-state index is -0.760. The van der Waals surface area contributed by atoms with Gasteiger partial charge < -0.3 is 47.4 Å². The van der Waals surface area contributed by atoms with Gasteiger partial charge in [0.05, 0.1) is 13.2 Å². The number of rotatable bonds is 28. The summed E-state index contributed by atoms with van der Waals surface area (Å²) in [4.78, 5) is 26.3. The van der Waals surface area contributed by atoms with E-state index in [-0.39, 0.29) is 49.5 Å². The molecule has 14 heteroatoms. The molecule has 2 saturated heterocycles. The first-order chi connectivity index (χ1) is 41.1. The van der Waals surface area contributed by atoms with Gasteiger partial charge in [-0.2, -0.15) is 0 Å². The van der Waals surface area contributed by atoms with E-state index in [1.807, 2.05) is 133 Å². The molecule has 0 saturated carbocycles. The number of nitrogens with one attached hydrogen (secondary N) is 2. The Morgan fingerprint density at radius 3 is 0.812 bits per heavy atom. The van der Waals surface area contributed by atoms with Crippen molar-refractivity contribution in [1.82, 2.24) is 0 Å². The molecule has 440 valence electrons. The van der Waals surface area contributed by atoms with Crippen molar-refractivity contribution >= 4 is 23.6 Å². The highest BCUT2D eigenvalue weighted by Crippen LogP contribution is 2.37. The average Bonchev–Trinajstić information content (AvgIpc) is 4.60. The summed E-state index contributed by atoms with van der Waals surface area (Å²) in [5.41, 5.74) is 6.86. The molecule has 2 amide bonds. The topological polar surface area (TPSA) is 157 Å². The van der Waals surface area contributed by atoms with E-state index >= 15 is 0 Å². The standard InChI is InChI=1S/C71H74N2O12/c1-69(2,49-17-29-57(30-18-49)76-41-63-43-82-63)51-21-33-59(34-22-51)78-45-65(84-67(74)72-55-13-9-7-10-14-55)47-80-61-37-25-53(26-38-61)71(5,6)54-27-39-62(40-28-54)81-48-66(85-68(75)73-56-15-11-8-12-16-56)46-79-60-35-23-52(24-36-60)70(3,4)50-19-31-58(32-20-50)77-42-64-44-83-64/h7-40,63-66H,41-48H2,1-6H3,(H,72,74)(H,73,75). The van der Waals surface area contributed by atoms with Crippen molar-refractivity contribution in [3.8, 4) is 34.5 Å². The minimum Gasteiger partial charge on any atom is -0.491 e. The van der Waals surface area contributed by atoms with Crippen LogP contribution in [0, 0.1) is 0 Å². The second kappa shape index (κ2) is 27.2. The van der Waals surface area contributed by atoms with Gasteiger partial charge in [0.25, 0.3) is 0 Å². The average molecular weight is 1150 g/mol. The molecule has 4 atom stereocenters. The summed E-state index contributed by atoms with van der Waals surface area (Å²) in [5, 5.41) is 5.59. The Morgan fingerprint density at radius 1 is 0.365 bits per heavy atom. The molecule has 0 bridgehead atoms. The van der Waals surface area contributed by atoms with Gasteiger partial charge in [-0.25, -0.2) is 9.59 Å². The molecule has 85 heavy (non-hydrogen) atoms. The molecule has 8 aromatic carbocycles. The Hall–Kier alpha value is -8.98. The molecule has 2 aliphatic heterocycles. The number of amides is 2. The van der Waals surface area contributed by atoms with Crippen molar-refractivity contribution in [2.24, 2.45) is 0 Å². The minimum absolute atomic E-state index is 0.0385. The fourth-order valence-corrected chi connectivity index (χ4v) is 9.64. The van der Waals surface area contributed by atoms with Crippen LogP contribution in [-0.4, -0.2) is 89.5 Å². The highest BCUT2D eigenvalue weighted by Gasteiger charge is 2.29. The first-order valence-corrected chi connectivity index (χ1v) is 28.8. The Kier molecular flexibility index (Phi) is 18.9. The third-order valence-corrected chi connectivity index (χ3v) is 15.5. The van der Waals surface area contributed by atoms with Gasteiger partial charge in [-0.3, -0.25) is 10.6 Å². The van der Waals surface area contributed by atoms with E-state index in [1.165, 1.54) is 0 Å². The zero-order valence-corrected chi connectivity index (χ0v) is 49.0. The lowest BCUT2D eigenvalue weighted by molar-refractivity contribution is 0.0428. The number of benzene rings is 8. The van der Waals surface area contributed by atoms with Crippen LogP contribution in [0.25, 0.3) is 0 Å². The van der Waals surface area contributed by atoms with Crippen LogP contribution in [-0.2, 0) is 35.2 Å². The second-order valence-electron chi connectivity index (χ2n) is 22.8. The fraction of sp³-hybridized carbons (Fsp3) is 0.296. The van der Waals surface area contributed by atoms with E-state index in [4.69, 9.17) is 47.4 Å². The zero-order chi connectivity index (χ0) is 59.2. The van der Waals surface area contributed by atoms with E-state index in [0.717, 1.165) is 58.1 Å². The highest BCUT2D eigenvalue weighted by atomic mass is 16.6. The predicted molar refractivity (Wildman–Crippen MR) is 328 cm³/mol. The molecular formula is C71H74N2O12. The molecule has 0 radical (unpaired) electrons. The molecule has 0 aromatic heterocycles. The van der Waals surface area contributed by atoms with Gasteiger partial charge >= 0.3 is 12.2 Å². The molecule has 2 fully saturated rings. The summed E-state index contributed by atoms with van der Waals surface area (Å²) in [6.07, 6.45) is -2.37. The lowest BCUT2D eigenvalue weighted by Gasteiger charge is -2.27. The van der Waals surface area contributed by atoms with E-state index in [0.29, 0.717) is 47.6 Å². The fourth-order valence-electron chi connectivity index (χ4n) is 9.64. The summed E-state index contributed by atoms with van der Waals surface area (Å²) >= 11 is 0. The van der Waals surface area contributed by atoms with Crippen molar-refractivity contribution in [3.05, 3.63) is 240 Å². The quantitative estimate of drug-likeness (QED) is 0.0448. The molecule has 8 aromatic rings. The Bertz CT molecular complexity index is 3160. The number of carbonyl (C=O) groups is 2. The normalized spacial score (nSPS) is 15.3. The first-order valence-electron chi connectivity index (χ1n) is 28.8. The lowest BCUT2D eigenvalue weighted by atomic mass is 9.78. The van der Waals surface area contributed by atoms with Crippen LogP contribution < -0.4 is 39.1 Å². The monoisotopic (exact) mass is 1150 g/mol. The third kappa shape index (κ3) is 16.6. The van der Waals surface area contributed by atoms with Gasteiger partial charge in [-0.15, -0.1) is 0 Å². The number of para-hydroxylation sites is 2. The van der Waals surface area contributed by atoms with Gasteiger partial charge in [-0.1, -0.05) is 151 Å². The Balaban J connectivity index is 0.735. The van der Waals surface area contributed by atoms with Crippen molar-refractivity contribution in [2.45, 2.75) is 82.2 Å². The van der Waals surface area contributed by atoms with Crippen molar-refractivity contribution in [2.75, 3.05) is 63.5 Å². The van der Waals surface area contributed by atoms with E-state index < -0.39 is 29.8 Å². The number of ether oxygens (including phenoxy) is 10. The summed E-state index contributed by atoms with van der Waals surface area (Å²) in [5.74, 6) is 4.10. The van der Waals surface area contributed by atoms with Crippen LogP contribution in [0.15, 0.2) is 206 Å². The maximum absolute atomic E-state index is 13.2. The summed E-state index contributed by atoms with van der Waals surface area (Å²) in [7, 11) is 0. The van der Waals surface area contributed by atoms with Crippen molar-refractivity contribution < 1.29 is 57.0 Å². The Morgan fingerprint density at radius 2 is 0.588 bits per heavy atom. The Labute approximate surface area is 498 Å². The molecule has 0 spiro atoms. The summed E-state index contributed by atoms with van der Waals surface area (Å²) in [6.45, 7) is 15.8. The second-order valence-corrected chi connectivity index (χ2v) is 22.8. The van der Waals surface area contributed by atoms with Crippen LogP contribution in [0.1, 0.15) is 74.9 Å². The lowest BCUT2D eigenvalue weighted by Crippen LogP contribution is -2.33. The van der Waals surface area contributed by atoms with Gasteiger partial charge in [0.2, 0.25) is 0 Å². The number of hydrogen-bond donors (Lipinski definition) is 2. The molecule has 14 nitrogen and oxygen atoms in total. The van der Waals surface area contributed by atoms with Crippen LogP contribution in [0.4, 0.5) is 21.0 Å². The third-order valence-electron chi connectivity index (χ3n) is 15.5. The van der Waals surface area contributed by atoms with Crippen LogP contribution >= 0.6 is 0 Å². The molecule has 2 aliphatic rings. The van der Waals surface area contributed by atoms with Gasteiger partial charge in [0.15, 0.2) is 12.2 Å². The van der Waals surface area contributed by atoms with Gasteiger partial charge in [0, 0.05) is 27.6 Å². The van der Waals surface area contributed by atoms with E-state index in [2.05, 4.69) is 101 Å². The SMILES string of the molecule is CC(C)(c1ccc(OCC2CO2)cc1)c1ccc(OCC(COc2ccc(C(C)(C)c3ccc(OCC(COc4ccc(C(C)(C)c5ccc(OCC6CO6)cc5)cc4)OC(=O)Nc4ccccc4)cc3)cc2)OC(=O)Nc2ccccc2)cc1. The van der Waals surface area contributed by atoms with E-state index in [9.17, 15) is 9.59 Å². The molecule has 10 rings (SSSR count). The number of carbonyl (C=O) groups excluding carboxylic acids is 2. The van der Waals surface area contributed by atoms with E-state index in [1.54, 1.807) is 24.3 Å². The van der Waals surface area contributed by atoms with Gasteiger partial charge in [0.1, 0.15) is 86.3 Å². The number of anilines is 2. The predicted octanol–water partition coefficient (Wildman–Crippen LogP) is 14.4. The molecular weight excluding hydrogens is 1070 g/mol. The number of hydrogen-bond acceptors (Lipinski definition) is 12. The zero-order valence-electron chi connectivity index (χ0n) is 49.0. The molecule has 2 heterocycles. The summed E-state index contributed by atoms with van der Waals surface area (Å²) in [6, 6.07) is 66.3. The van der Waals surface area contributed by atoms with Crippen molar-refractivity contribution in [1.29, 1.82) is 0 Å². The maximum Gasteiger partial charge on any atom is 0.412 e. The maximum atomic E-state index is 13.2. The van der Waals surface area contributed by atoms with Crippen molar-refractivity contribution in [3.63, 3.8) is 0 Å². The largest absolute Gasteiger partial charge is 0.491 e. The smallest absolute Gasteiger partial charge is 0.412 e. The van der Waals surface area contributed by atoms with Crippen LogP contribution in [0.2, 0.25) is 0 Å². The van der Waals surface area contributed by atoms with Crippen LogP contribution in [0.3, 0.4) is 0 Å². The summed E-state index contributed by atoms with van der Waals surface area (Å²) < 4.78 is 59.0. The molecule has 4 unspecified atom stereocenters. The highest BCUT2D eigenvalue weighted by molar-refractivity contribution is 5.85. The first kappa shape index (κ1) is 59.2. The molecule has 0 aliphatic carbocycles. The number of epoxide rings is 2. The molecule has 2 N–H and O–H groups in total. The van der Waals surface area contributed by atoms with Gasteiger partial charge in [-0.05, 0) is 130 Å². The van der Waals surface area contributed by atoms with Crippen LogP contribution in [0.5, 0.6) is 34.5 Å².